The molecule has 4 aromatic rings. The number of nitrogens with zero attached hydrogens (tertiary/aromatic N) is 5. The summed E-state index contributed by atoms with van der Waals surface area (Å²) in [5, 5.41) is 13.8. The van der Waals surface area contributed by atoms with Crippen molar-refractivity contribution in [3.05, 3.63) is 65.0 Å². The Morgan fingerprint density at radius 2 is 1.84 bits per heavy atom. The van der Waals surface area contributed by atoms with E-state index in [0.717, 1.165) is 11.1 Å². The van der Waals surface area contributed by atoms with Crippen LogP contribution in [0.5, 0.6) is 0 Å². The first-order chi connectivity index (χ1) is 17.8. The van der Waals surface area contributed by atoms with Crippen molar-refractivity contribution in [3.8, 4) is 6.07 Å². The summed E-state index contributed by atoms with van der Waals surface area (Å²) in [5.41, 5.74) is 3.92. The maximum atomic E-state index is 13.1. The third-order valence-electron chi connectivity index (χ3n) is 5.89. The van der Waals surface area contributed by atoms with Crippen LogP contribution in [0.4, 0.5) is 11.6 Å². The van der Waals surface area contributed by atoms with Gasteiger partial charge in [0.05, 0.1) is 41.2 Å². The van der Waals surface area contributed by atoms with E-state index in [1.54, 1.807) is 52.0 Å². The first-order valence-corrected chi connectivity index (χ1v) is 13.5. The van der Waals surface area contributed by atoms with Crippen molar-refractivity contribution in [2.75, 3.05) is 18.1 Å². The molecule has 2 aromatic carbocycles. The molecule has 0 saturated carbocycles. The number of hydrogen-bond donors (Lipinski definition) is 0. The van der Waals surface area contributed by atoms with E-state index in [9.17, 15) is 14.6 Å². The van der Waals surface area contributed by atoms with Gasteiger partial charge in [-0.3, -0.25) is 9.36 Å². The molecule has 11 heteroatoms. The zero-order valence-corrected chi connectivity index (χ0v) is 22.1. The summed E-state index contributed by atoms with van der Waals surface area (Å²) in [6, 6.07) is 14.7. The fourth-order valence-electron chi connectivity index (χ4n) is 4.23. The normalized spacial score (nSPS) is 11.5. The van der Waals surface area contributed by atoms with Gasteiger partial charge in [0, 0.05) is 6.54 Å². The Morgan fingerprint density at radius 1 is 1.14 bits per heavy atom. The zero-order valence-electron chi connectivity index (χ0n) is 21.2. The summed E-state index contributed by atoms with van der Waals surface area (Å²) in [5.74, 6) is 0.882. The molecule has 0 radical (unpaired) electrons. The topological polar surface area (TPSA) is 123 Å². The molecule has 0 N–H and O–H groups in total. The van der Waals surface area contributed by atoms with Gasteiger partial charge in [-0.25, -0.2) is 9.88 Å². The van der Waals surface area contributed by atoms with Gasteiger partial charge in [0.15, 0.2) is 5.76 Å². The number of imidazole rings is 1. The predicted octanol–water partition coefficient (Wildman–Crippen LogP) is 4.94. The molecule has 0 aliphatic heterocycles. The van der Waals surface area contributed by atoms with Crippen molar-refractivity contribution in [1.29, 1.82) is 5.26 Å². The number of carbonyl (C=O) groups excluding carboxylic acids is 1. The Labute approximate surface area is 214 Å². The Bertz CT molecular complexity index is 1470. The molecular weight excluding hydrogens is 493 g/mol. The lowest BCUT2D eigenvalue weighted by Crippen LogP contribution is -2.21. The molecule has 2 aromatic heterocycles. The molecule has 0 atom stereocenters. The van der Waals surface area contributed by atoms with Crippen molar-refractivity contribution in [2.24, 2.45) is 0 Å². The van der Waals surface area contributed by atoms with Crippen LogP contribution in [0.3, 0.4) is 0 Å². The highest BCUT2D eigenvalue weighted by atomic mass is 31.2. The quantitative estimate of drug-likeness (QED) is 0.201. The Morgan fingerprint density at radius 3 is 2.41 bits per heavy atom. The third kappa shape index (κ3) is 5.20. The molecule has 1 amide bonds. The van der Waals surface area contributed by atoms with Gasteiger partial charge in [-0.15, -0.1) is 0 Å². The van der Waals surface area contributed by atoms with Crippen LogP contribution in [0.1, 0.15) is 36.4 Å². The van der Waals surface area contributed by atoms with E-state index >= 15 is 0 Å². The molecule has 0 saturated heterocycles. The van der Waals surface area contributed by atoms with Crippen LogP contribution in [0.25, 0.3) is 11.0 Å². The van der Waals surface area contributed by atoms with E-state index in [4.69, 9.17) is 18.6 Å². The molecule has 10 nitrogen and oxygen atoms in total. The lowest BCUT2D eigenvalue weighted by Gasteiger charge is -2.19. The van der Waals surface area contributed by atoms with E-state index in [1.165, 1.54) is 4.90 Å². The number of fused-ring (bicyclic) bond motifs is 1. The van der Waals surface area contributed by atoms with Crippen LogP contribution in [0.15, 0.2) is 47.0 Å². The van der Waals surface area contributed by atoms with Crippen molar-refractivity contribution in [2.45, 2.75) is 40.7 Å². The standard InChI is InChI=1S/C26H28N5O5P/c1-5-34-37(33,35-6-2)22-10-7-20(8-11-22)13-14-30-24-12-9-21(16-27)15-23(24)28-26(30)31(17-32)25-18(3)29-36-19(25)4/h7-12,15,17H,5-6,13-14H2,1-4H3. The lowest BCUT2D eigenvalue weighted by molar-refractivity contribution is -0.106. The number of aryl methyl sites for hydroxylation is 4. The summed E-state index contributed by atoms with van der Waals surface area (Å²) < 4.78 is 31.1. The number of benzene rings is 2. The fraction of sp³-hybridized carbons (Fsp3) is 0.308. The van der Waals surface area contributed by atoms with Crippen LogP contribution >= 0.6 is 7.60 Å². The lowest BCUT2D eigenvalue weighted by atomic mass is 10.1. The van der Waals surface area contributed by atoms with E-state index in [0.29, 0.717) is 58.9 Å². The van der Waals surface area contributed by atoms with Crippen molar-refractivity contribution in [3.63, 3.8) is 0 Å². The second-order valence-corrected chi connectivity index (χ2v) is 10.3. The van der Waals surface area contributed by atoms with Crippen LogP contribution in [0.2, 0.25) is 0 Å². The second kappa shape index (κ2) is 11.1. The molecule has 0 unspecified atom stereocenters. The number of aromatic nitrogens is 3. The number of carbonyl (C=O) groups is 1. The minimum absolute atomic E-state index is 0.279. The highest BCUT2D eigenvalue weighted by Gasteiger charge is 2.27. The maximum absolute atomic E-state index is 13.1. The van der Waals surface area contributed by atoms with E-state index in [1.807, 2.05) is 22.8 Å². The van der Waals surface area contributed by atoms with Crippen LogP contribution in [-0.2, 0) is 31.4 Å². The molecular formula is C26H28N5O5P. The molecule has 0 aliphatic rings. The summed E-state index contributed by atoms with van der Waals surface area (Å²) in [7, 11) is -3.36. The molecule has 192 valence electrons. The zero-order chi connectivity index (χ0) is 26.6. The average molecular weight is 522 g/mol. The molecule has 0 spiro atoms. The largest absolute Gasteiger partial charge is 0.361 e. The smallest absolute Gasteiger partial charge is 0.359 e. The molecule has 37 heavy (non-hydrogen) atoms. The first-order valence-electron chi connectivity index (χ1n) is 11.9. The van der Waals surface area contributed by atoms with Gasteiger partial charge in [-0.1, -0.05) is 17.3 Å². The van der Waals surface area contributed by atoms with Crippen molar-refractivity contribution < 1.29 is 22.9 Å². The fourth-order valence-corrected chi connectivity index (χ4v) is 5.79. The summed E-state index contributed by atoms with van der Waals surface area (Å²) in [4.78, 5) is 18.4. The summed E-state index contributed by atoms with van der Waals surface area (Å²) >= 11 is 0. The van der Waals surface area contributed by atoms with Gasteiger partial charge >= 0.3 is 7.60 Å². The SMILES string of the molecule is CCOP(=O)(OCC)c1ccc(CCn2c(N(C=O)c3c(C)noc3C)nc3cc(C#N)ccc32)cc1. The average Bonchev–Trinajstić information content (AvgIpc) is 3.43. The minimum Gasteiger partial charge on any atom is -0.359 e. The molecule has 4 rings (SSSR count). The summed E-state index contributed by atoms with van der Waals surface area (Å²) in [6.07, 6.45) is 1.28. The van der Waals surface area contributed by atoms with E-state index < -0.39 is 7.60 Å². The van der Waals surface area contributed by atoms with Gasteiger partial charge in [-0.05, 0) is 70.0 Å². The Hall–Kier alpha value is -3.77. The van der Waals surface area contributed by atoms with Gasteiger partial charge in [0.2, 0.25) is 12.4 Å². The Balaban J connectivity index is 1.70. The monoisotopic (exact) mass is 521 g/mol. The van der Waals surface area contributed by atoms with Crippen molar-refractivity contribution in [1.82, 2.24) is 14.7 Å². The van der Waals surface area contributed by atoms with Crippen LogP contribution in [-0.4, -0.2) is 34.3 Å². The van der Waals surface area contributed by atoms with E-state index in [-0.39, 0.29) is 13.2 Å². The Kier molecular flexibility index (Phi) is 7.89. The highest BCUT2D eigenvalue weighted by molar-refractivity contribution is 7.62. The van der Waals surface area contributed by atoms with Gasteiger partial charge in [0.25, 0.3) is 0 Å². The number of hydrogen-bond acceptors (Lipinski definition) is 8. The molecule has 0 fully saturated rings. The van der Waals surface area contributed by atoms with E-state index in [2.05, 4.69) is 11.2 Å². The predicted molar refractivity (Wildman–Crippen MR) is 139 cm³/mol. The first kappa shape index (κ1) is 26.3. The van der Waals surface area contributed by atoms with Gasteiger partial charge in [0.1, 0.15) is 11.4 Å². The third-order valence-corrected chi connectivity index (χ3v) is 8.02. The number of rotatable bonds is 11. The maximum Gasteiger partial charge on any atom is 0.361 e. The van der Waals surface area contributed by atoms with Gasteiger partial charge < -0.3 is 18.1 Å². The number of anilines is 2. The number of nitriles is 1. The van der Waals surface area contributed by atoms with Crippen LogP contribution in [0, 0.1) is 25.2 Å². The van der Waals surface area contributed by atoms with Crippen molar-refractivity contribution >= 4 is 42.0 Å². The number of amides is 1. The summed E-state index contributed by atoms with van der Waals surface area (Å²) in [6.45, 7) is 8.09. The minimum atomic E-state index is -3.36. The van der Waals surface area contributed by atoms with Gasteiger partial charge in [-0.2, -0.15) is 5.26 Å². The molecule has 0 aliphatic carbocycles. The second-order valence-electron chi connectivity index (χ2n) is 8.28. The van der Waals surface area contributed by atoms with Crippen LogP contribution < -0.4 is 10.2 Å². The molecule has 0 bridgehead atoms. The molecule has 2 heterocycles. The highest BCUT2D eigenvalue weighted by Crippen LogP contribution is 2.46.